The highest BCUT2D eigenvalue weighted by atomic mass is 16.6. The summed E-state index contributed by atoms with van der Waals surface area (Å²) in [6, 6.07) is 4.24. The van der Waals surface area contributed by atoms with Gasteiger partial charge in [-0.25, -0.2) is 0 Å². The molecule has 1 aliphatic heterocycles. The van der Waals surface area contributed by atoms with Crippen molar-refractivity contribution in [2.24, 2.45) is 0 Å². The molecule has 9 heteroatoms. The van der Waals surface area contributed by atoms with E-state index in [-0.39, 0.29) is 12.3 Å². The van der Waals surface area contributed by atoms with E-state index >= 15 is 0 Å². The average Bonchev–Trinajstić information content (AvgIpc) is 2.64. The van der Waals surface area contributed by atoms with Crippen molar-refractivity contribution in [3.05, 3.63) is 28.3 Å². The number of rotatable bonds is 1. The first-order chi connectivity index (χ1) is 12.8. The van der Waals surface area contributed by atoms with Crippen molar-refractivity contribution in [1.29, 1.82) is 0 Å². The number of ether oxygens (including phenoxy) is 6. The lowest BCUT2D eigenvalue weighted by atomic mass is 10.3. The zero-order chi connectivity index (χ0) is 18.5. The van der Waals surface area contributed by atoms with Crippen molar-refractivity contribution < 1.29 is 33.3 Å². The van der Waals surface area contributed by atoms with Gasteiger partial charge in [-0.3, -0.25) is 10.1 Å². The van der Waals surface area contributed by atoms with Crippen LogP contribution in [0.1, 0.15) is 6.42 Å². The second-order valence-electron chi connectivity index (χ2n) is 5.39. The molecule has 0 spiro atoms. The monoisotopic (exact) mass is 371 g/mol. The van der Waals surface area contributed by atoms with Crippen LogP contribution in [0, 0.1) is 10.1 Å². The average molecular weight is 371 g/mol. The molecular weight excluding hydrogens is 346 g/mol. The third-order valence-corrected chi connectivity index (χ3v) is 3.43. The summed E-state index contributed by atoms with van der Waals surface area (Å²) in [5.74, 6) is 0.733. The summed E-state index contributed by atoms with van der Waals surface area (Å²) >= 11 is 0. The number of benzene rings is 1. The number of hydrogen-bond donors (Lipinski definition) is 0. The van der Waals surface area contributed by atoms with E-state index in [0.717, 1.165) is 6.42 Å². The Kier molecular flexibility index (Phi) is 9.73. The molecule has 1 aromatic rings. The molecule has 0 N–H and O–H groups in total. The van der Waals surface area contributed by atoms with Gasteiger partial charge in [0.15, 0.2) is 11.5 Å². The maximum Gasteiger partial charge on any atom is 0.273 e. The first kappa shape index (κ1) is 20.4. The van der Waals surface area contributed by atoms with E-state index in [1.807, 2.05) is 0 Å². The van der Waals surface area contributed by atoms with E-state index in [9.17, 15) is 10.1 Å². The summed E-state index contributed by atoms with van der Waals surface area (Å²) in [5.41, 5.74) is -0.0616. The summed E-state index contributed by atoms with van der Waals surface area (Å²) in [4.78, 5) is 10.5. The third kappa shape index (κ3) is 7.96. The van der Waals surface area contributed by atoms with Crippen molar-refractivity contribution in [2.75, 3.05) is 66.1 Å². The van der Waals surface area contributed by atoms with Gasteiger partial charge in [0.25, 0.3) is 5.69 Å². The van der Waals surface area contributed by atoms with Gasteiger partial charge in [0, 0.05) is 19.3 Å². The molecule has 2 rings (SSSR count). The minimum atomic E-state index is -0.477. The van der Waals surface area contributed by atoms with Crippen molar-refractivity contribution in [3.63, 3.8) is 0 Å². The molecule has 0 aromatic heterocycles. The van der Waals surface area contributed by atoms with Gasteiger partial charge in [0.1, 0.15) is 13.2 Å². The summed E-state index contributed by atoms with van der Waals surface area (Å²) in [6.07, 6.45) is 0.820. The number of non-ortho nitro benzene ring substituents is 1. The lowest BCUT2D eigenvalue weighted by molar-refractivity contribution is -0.385. The van der Waals surface area contributed by atoms with Crippen LogP contribution in [0.4, 0.5) is 5.69 Å². The van der Waals surface area contributed by atoms with E-state index in [1.165, 1.54) is 18.2 Å². The van der Waals surface area contributed by atoms with Gasteiger partial charge in [-0.1, -0.05) is 0 Å². The fourth-order valence-electron chi connectivity index (χ4n) is 2.17. The van der Waals surface area contributed by atoms with Crippen LogP contribution in [-0.2, 0) is 18.9 Å². The molecule has 9 nitrogen and oxygen atoms in total. The molecule has 1 aliphatic rings. The zero-order valence-electron chi connectivity index (χ0n) is 14.7. The molecule has 0 fully saturated rings. The van der Waals surface area contributed by atoms with Gasteiger partial charge in [-0.2, -0.15) is 0 Å². The van der Waals surface area contributed by atoms with E-state index in [2.05, 4.69) is 0 Å². The fraction of sp³-hybridized carbons (Fsp3) is 0.647. The predicted octanol–water partition coefficient (Wildman–Crippen LogP) is 1.82. The molecule has 0 bridgehead atoms. The highest BCUT2D eigenvalue weighted by Crippen LogP contribution is 2.31. The second kappa shape index (κ2) is 12.4. The van der Waals surface area contributed by atoms with Crippen molar-refractivity contribution in [1.82, 2.24) is 0 Å². The maximum atomic E-state index is 10.9. The second-order valence-corrected chi connectivity index (χ2v) is 5.39. The van der Waals surface area contributed by atoms with Crippen LogP contribution in [0.3, 0.4) is 0 Å². The van der Waals surface area contributed by atoms with Crippen molar-refractivity contribution in [3.8, 4) is 11.5 Å². The summed E-state index contributed by atoms with van der Waals surface area (Å²) < 4.78 is 32.9. The number of hydrogen-bond acceptors (Lipinski definition) is 8. The molecular formula is C17H25NO8. The molecule has 0 radical (unpaired) electrons. The molecule has 1 aromatic carbocycles. The summed E-state index contributed by atoms with van der Waals surface area (Å²) in [7, 11) is 0. The number of nitro groups is 1. The number of nitro benzene ring substituents is 1. The van der Waals surface area contributed by atoms with Crippen LogP contribution in [0.5, 0.6) is 11.5 Å². The summed E-state index contributed by atoms with van der Waals surface area (Å²) in [5, 5.41) is 10.9. The SMILES string of the molecule is O=[N+]([O-])c1ccc2c(c1)OCCOCCOCCCOCCOCCO2. The Hall–Kier alpha value is -1.94. The van der Waals surface area contributed by atoms with Gasteiger partial charge in [-0.15, -0.1) is 0 Å². The van der Waals surface area contributed by atoms with E-state index in [4.69, 9.17) is 28.4 Å². The Bertz CT molecular complexity index is 539. The van der Waals surface area contributed by atoms with Gasteiger partial charge < -0.3 is 28.4 Å². The smallest absolute Gasteiger partial charge is 0.273 e. The molecule has 1 heterocycles. The van der Waals surface area contributed by atoms with Crippen LogP contribution >= 0.6 is 0 Å². The van der Waals surface area contributed by atoms with E-state index in [0.29, 0.717) is 71.0 Å². The van der Waals surface area contributed by atoms with Crippen LogP contribution < -0.4 is 9.47 Å². The molecule has 26 heavy (non-hydrogen) atoms. The Morgan fingerprint density at radius 2 is 1.19 bits per heavy atom. The Balaban J connectivity index is 1.91. The molecule has 0 unspecified atom stereocenters. The van der Waals surface area contributed by atoms with Crippen LogP contribution in [0.2, 0.25) is 0 Å². The molecule has 0 atom stereocenters. The Labute approximate surface area is 152 Å². The molecule has 0 amide bonds. The first-order valence-corrected chi connectivity index (χ1v) is 8.62. The number of nitrogens with zero attached hydrogens (tertiary/aromatic N) is 1. The minimum Gasteiger partial charge on any atom is -0.487 e. The van der Waals surface area contributed by atoms with Gasteiger partial charge >= 0.3 is 0 Å². The molecule has 0 aliphatic carbocycles. The molecule has 146 valence electrons. The fourth-order valence-corrected chi connectivity index (χ4v) is 2.17. The Morgan fingerprint density at radius 1 is 0.692 bits per heavy atom. The normalized spacial score (nSPS) is 18.9. The predicted molar refractivity (Wildman–Crippen MR) is 92.0 cm³/mol. The quantitative estimate of drug-likeness (QED) is 0.545. The summed E-state index contributed by atoms with van der Waals surface area (Å²) in [6.45, 7) is 4.46. The highest BCUT2D eigenvalue weighted by molar-refractivity contribution is 5.48. The number of fused-ring (bicyclic) bond motifs is 1. The molecule has 0 saturated heterocycles. The van der Waals surface area contributed by atoms with Gasteiger partial charge in [0.2, 0.25) is 0 Å². The largest absolute Gasteiger partial charge is 0.487 e. The van der Waals surface area contributed by atoms with Crippen molar-refractivity contribution >= 4 is 5.69 Å². The van der Waals surface area contributed by atoms with Crippen LogP contribution in [0.15, 0.2) is 18.2 Å². The van der Waals surface area contributed by atoms with E-state index in [1.54, 1.807) is 0 Å². The van der Waals surface area contributed by atoms with Crippen LogP contribution in [0.25, 0.3) is 0 Å². The first-order valence-electron chi connectivity index (χ1n) is 8.62. The Morgan fingerprint density at radius 3 is 1.77 bits per heavy atom. The topological polar surface area (TPSA) is 98.5 Å². The lowest BCUT2D eigenvalue weighted by Crippen LogP contribution is -2.12. The van der Waals surface area contributed by atoms with Crippen LogP contribution in [-0.4, -0.2) is 71.0 Å². The highest BCUT2D eigenvalue weighted by Gasteiger charge is 2.13. The minimum absolute atomic E-state index is 0.0616. The standard InChI is InChI=1S/C17H25NO8/c19-18(20)15-2-3-16-17(14-15)26-13-11-24-9-7-22-5-1-4-21-6-8-23-10-12-25-16/h2-3,14H,1,4-13H2. The molecule has 0 saturated carbocycles. The van der Waals surface area contributed by atoms with E-state index < -0.39 is 4.92 Å². The van der Waals surface area contributed by atoms with Crippen molar-refractivity contribution in [2.45, 2.75) is 6.42 Å². The van der Waals surface area contributed by atoms with Gasteiger partial charge in [0.05, 0.1) is 50.6 Å². The lowest BCUT2D eigenvalue weighted by Gasteiger charge is -2.13. The zero-order valence-corrected chi connectivity index (χ0v) is 14.7. The third-order valence-electron chi connectivity index (χ3n) is 3.43. The maximum absolute atomic E-state index is 10.9. The van der Waals surface area contributed by atoms with Gasteiger partial charge in [-0.05, 0) is 12.5 Å².